The van der Waals surface area contributed by atoms with Crippen molar-refractivity contribution in [1.82, 2.24) is 15.8 Å². The Morgan fingerprint density at radius 3 is 2.33 bits per heavy atom. The zero-order chi connectivity index (χ0) is 11.9. The van der Waals surface area contributed by atoms with E-state index in [1.807, 2.05) is 39.9 Å². The average molecular weight is 217 g/mol. The van der Waals surface area contributed by atoms with Crippen molar-refractivity contribution in [3.05, 3.63) is 0 Å². The lowest BCUT2D eigenvalue weighted by atomic mass is 10.2. The molecule has 2 N–H and O–H groups in total. The maximum Gasteiger partial charge on any atom is 0.407 e. The molecule has 90 valence electrons. The van der Waals surface area contributed by atoms with Crippen LogP contribution in [0.3, 0.4) is 0 Å². The van der Waals surface area contributed by atoms with E-state index in [1.54, 1.807) is 0 Å². The molecule has 0 aromatic carbocycles. The van der Waals surface area contributed by atoms with E-state index < -0.39 is 5.60 Å². The number of alkyl carbamates (subject to hydrolysis) is 1. The lowest BCUT2D eigenvalue weighted by molar-refractivity contribution is 0.0527. The molecular formula is C10H23N3O2. The second-order valence-electron chi connectivity index (χ2n) is 4.58. The number of ether oxygens (including phenoxy) is 1. The van der Waals surface area contributed by atoms with Crippen LogP contribution in [0.1, 0.15) is 27.2 Å². The van der Waals surface area contributed by atoms with Gasteiger partial charge in [0.05, 0.1) is 0 Å². The minimum atomic E-state index is -0.425. The summed E-state index contributed by atoms with van der Waals surface area (Å²) in [5.74, 6) is 0. The number of rotatable bonds is 5. The molecular weight excluding hydrogens is 194 g/mol. The molecule has 0 rings (SSSR count). The second-order valence-corrected chi connectivity index (χ2v) is 4.58. The first-order chi connectivity index (χ1) is 6.81. The molecule has 0 aliphatic carbocycles. The van der Waals surface area contributed by atoms with Gasteiger partial charge in [-0.15, -0.1) is 0 Å². The molecule has 5 nitrogen and oxygen atoms in total. The zero-order valence-corrected chi connectivity index (χ0v) is 10.4. The summed E-state index contributed by atoms with van der Waals surface area (Å²) in [6, 6.07) is 0. The molecule has 5 heteroatoms. The molecule has 0 spiro atoms. The van der Waals surface area contributed by atoms with Crippen LogP contribution in [0.2, 0.25) is 0 Å². The monoisotopic (exact) mass is 217 g/mol. The van der Waals surface area contributed by atoms with E-state index in [9.17, 15) is 4.79 Å². The van der Waals surface area contributed by atoms with Crippen LogP contribution in [0.5, 0.6) is 0 Å². The summed E-state index contributed by atoms with van der Waals surface area (Å²) in [6.45, 7) is 7.00. The highest BCUT2D eigenvalue weighted by molar-refractivity contribution is 5.67. The molecule has 0 aromatic heterocycles. The lowest BCUT2D eigenvalue weighted by Gasteiger charge is -2.19. The predicted octanol–water partition coefficient (Wildman–Crippen LogP) is 0.967. The highest BCUT2D eigenvalue weighted by atomic mass is 16.6. The largest absolute Gasteiger partial charge is 0.444 e. The molecule has 0 radical (unpaired) electrons. The highest BCUT2D eigenvalue weighted by Gasteiger charge is 2.15. The maximum atomic E-state index is 11.2. The summed E-state index contributed by atoms with van der Waals surface area (Å²) in [7, 11) is 3.86. The van der Waals surface area contributed by atoms with Crippen LogP contribution in [0.25, 0.3) is 0 Å². The number of hydrogen-bond acceptors (Lipinski definition) is 4. The first-order valence-electron chi connectivity index (χ1n) is 5.19. The van der Waals surface area contributed by atoms with Crippen molar-refractivity contribution in [1.29, 1.82) is 0 Å². The fourth-order valence-electron chi connectivity index (χ4n) is 0.896. The minimum absolute atomic E-state index is 0.354. The van der Waals surface area contributed by atoms with E-state index in [0.717, 1.165) is 13.0 Å². The molecule has 0 unspecified atom stereocenters. The van der Waals surface area contributed by atoms with Crippen LogP contribution in [0, 0.1) is 0 Å². The molecule has 0 aromatic rings. The quantitative estimate of drug-likeness (QED) is 0.532. The minimum Gasteiger partial charge on any atom is -0.444 e. The number of nitrogens with zero attached hydrogens (tertiary/aromatic N) is 1. The number of nitrogens with one attached hydrogen (secondary N) is 2. The van der Waals surface area contributed by atoms with Crippen molar-refractivity contribution >= 4 is 6.09 Å². The van der Waals surface area contributed by atoms with Gasteiger partial charge in [0.1, 0.15) is 5.60 Å². The van der Waals surface area contributed by atoms with E-state index in [4.69, 9.17) is 4.74 Å². The Bertz CT molecular complexity index is 188. The third-order valence-electron chi connectivity index (χ3n) is 1.45. The van der Waals surface area contributed by atoms with Crippen LogP contribution in [-0.4, -0.2) is 43.9 Å². The molecule has 1 amide bonds. The van der Waals surface area contributed by atoms with Crippen molar-refractivity contribution in [2.75, 3.05) is 27.2 Å². The van der Waals surface area contributed by atoms with Gasteiger partial charge in [0.2, 0.25) is 0 Å². The standard InChI is InChI=1S/C10H23N3O2/c1-10(2,3)15-9(14)11-7-6-8-12-13(4)5/h12H,6-8H2,1-5H3,(H,11,14). The SMILES string of the molecule is CN(C)NCCCNC(=O)OC(C)(C)C. The van der Waals surface area contributed by atoms with Crippen LogP contribution < -0.4 is 10.7 Å². The molecule has 15 heavy (non-hydrogen) atoms. The molecule has 0 heterocycles. The average Bonchev–Trinajstić information content (AvgIpc) is 1.99. The van der Waals surface area contributed by atoms with Crippen molar-refractivity contribution in [2.24, 2.45) is 0 Å². The summed E-state index contributed by atoms with van der Waals surface area (Å²) in [5, 5.41) is 4.58. The Morgan fingerprint density at radius 2 is 1.87 bits per heavy atom. The van der Waals surface area contributed by atoms with Crippen LogP contribution in [0.4, 0.5) is 4.79 Å². The van der Waals surface area contributed by atoms with Gasteiger partial charge in [0.25, 0.3) is 0 Å². The Labute approximate surface area is 92.1 Å². The summed E-state index contributed by atoms with van der Waals surface area (Å²) in [5.41, 5.74) is 2.68. The fraction of sp³-hybridized carbons (Fsp3) is 0.900. The highest BCUT2D eigenvalue weighted by Crippen LogP contribution is 2.06. The Kier molecular flexibility index (Phi) is 6.27. The van der Waals surface area contributed by atoms with Crippen molar-refractivity contribution < 1.29 is 9.53 Å². The molecule has 0 aliphatic heterocycles. The maximum absolute atomic E-state index is 11.2. The Morgan fingerprint density at radius 1 is 1.27 bits per heavy atom. The van der Waals surface area contributed by atoms with Crippen LogP contribution in [0.15, 0.2) is 0 Å². The number of carbonyl (C=O) groups is 1. The van der Waals surface area contributed by atoms with Crippen LogP contribution >= 0.6 is 0 Å². The molecule has 0 saturated heterocycles. The third kappa shape index (κ3) is 11.1. The van der Waals surface area contributed by atoms with Gasteiger partial charge in [-0.1, -0.05) is 0 Å². The predicted molar refractivity (Wildman–Crippen MR) is 60.5 cm³/mol. The van der Waals surface area contributed by atoms with E-state index in [2.05, 4.69) is 10.7 Å². The summed E-state index contributed by atoms with van der Waals surface area (Å²) in [6.07, 6.45) is 0.518. The van der Waals surface area contributed by atoms with Gasteiger partial charge < -0.3 is 10.1 Å². The number of hydrogen-bond donors (Lipinski definition) is 2. The van der Waals surface area contributed by atoms with Gasteiger partial charge in [-0.3, -0.25) is 10.4 Å². The van der Waals surface area contributed by atoms with Gasteiger partial charge in [0.15, 0.2) is 0 Å². The Hall–Kier alpha value is -0.810. The van der Waals surface area contributed by atoms with Crippen molar-refractivity contribution in [3.8, 4) is 0 Å². The number of amides is 1. The normalized spacial score (nSPS) is 11.6. The number of carbonyl (C=O) groups excluding carboxylic acids is 1. The smallest absolute Gasteiger partial charge is 0.407 e. The fourth-order valence-corrected chi connectivity index (χ4v) is 0.896. The van der Waals surface area contributed by atoms with Gasteiger partial charge in [-0.25, -0.2) is 4.79 Å². The molecule has 0 fully saturated rings. The van der Waals surface area contributed by atoms with Crippen molar-refractivity contribution in [2.45, 2.75) is 32.8 Å². The van der Waals surface area contributed by atoms with Crippen LogP contribution in [-0.2, 0) is 4.74 Å². The van der Waals surface area contributed by atoms with Crippen molar-refractivity contribution in [3.63, 3.8) is 0 Å². The van der Waals surface area contributed by atoms with E-state index >= 15 is 0 Å². The first-order valence-corrected chi connectivity index (χ1v) is 5.19. The van der Waals surface area contributed by atoms with E-state index in [1.165, 1.54) is 0 Å². The molecule has 0 aliphatic rings. The second kappa shape index (κ2) is 6.63. The summed E-state index contributed by atoms with van der Waals surface area (Å²) >= 11 is 0. The van der Waals surface area contributed by atoms with Gasteiger partial charge in [-0.2, -0.15) is 0 Å². The van der Waals surface area contributed by atoms with E-state index in [-0.39, 0.29) is 6.09 Å². The Balaban J connectivity index is 3.40. The molecule has 0 saturated carbocycles. The number of hydrazine groups is 1. The van der Waals surface area contributed by atoms with Gasteiger partial charge in [0, 0.05) is 27.2 Å². The first kappa shape index (κ1) is 14.2. The molecule has 0 bridgehead atoms. The summed E-state index contributed by atoms with van der Waals surface area (Å²) < 4.78 is 5.08. The van der Waals surface area contributed by atoms with Gasteiger partial charge >= 0.3 is 6.09 Å². The summed E-state index contributed by atoms with van der Waals surface area (Å²) in [4.78, 5) is 11.2. The third-order valence-corrected chi connectivity index (χ3v) is 1.45. The zero-order valence-electron chi connectivity index (χ0n) is 10.4. The topological polar surface area (TPSA) is 53.6 Å². The molecule has 0 atom stereocenters. The lowest BCUT2D eigenvalue weighted by Crippen LogP contribution is -2.36. The van der Waals surface area contributed by atoms with Gasteiger partial charge in [-0.05, 0) is 27.2 Å². The van der Waals surface area contributed by atoms with E-state index in [0.29, 0.717) is 6.54 Å².